The van der Waals surface area contributed by atoms with Crippen molar-refractivity contribution in [3.8, 4) is 10.6 Å². The Morgan fingerprint density at radius 3 is 2.82 bits per heavy atom. The number of thiazole rings is 1. The Kier molecular flexibility index (Phi) is 6.37. The van der Waals surface area contributed by atoms with Crippen LogP contribution in [0.3, 0.4) is 0 Å². The molecule has 2 aliphatic rings. The summed E-state index contributed by atoms with van der Waals surface area (Å²) in [6.45, 7) is 13.9. The maximum Gasteiger partial charge on any atom is 0.144 e. The van der Waals surface area contributed by atoms with E-state index in [4.69, 9.17) is 14.7 Å². The summed E-state index contributed by atoms with van der Waals surface area (Å²) in [6.07, 6.45) is 11.3. The minimum atomic E-state index is -1.11. The maximum absolute atomic E-state index is 6.13. The number of ether oxygens (including phenoxy) is 1. The summed E-state index contributed by atoms with van der Waals surface area (Å²) in [5.41, 5.74) is 3.74. The van der Waals surface area contributed by atoms with Gasteiger partial charge in [-0.1, -0.05) is 26.1 Å². The second kappa shape index (κ2) is 9.13. The molecule has 6 nitrogen and oxygen atoms in total. The number of fused-ring (bicyclic) bond motifs is 1. The van der Waals surface area contributed by atoms with Gasteiger partial charge in [0.15, 0.2) is 0 Å². The summed E-state index contributed by atoms with van der Waals surface area (Å²) in [4.78, 5) is 13.4. The van der Waals surface area contributed by atoms with Crippen molar-refractivity contribution in [1.29, 1.82) is 0 Å². The van der Waals surface area contributed by atoms with Crippen molar-refractivity contribution in [2.75, 3.05) is 31.1 Å². The van der Waals surface area contributed by atoms with Crippen LogP contribution in [-0.2, 0) is 11.5 Å². The highest BCUT2D eigenvalue weighted by Gasteiger charge is 2.39. The average molecular weight is 484 g/mol. The van der Waals surface area contributed by atoms with Crippen molar-refractivity contribution in [3.63, 3.8) is 0 Å². The van der Waals surface area contributed by atoms with E-state index in [2.05, 4.69) is 53.6 Å². The number of aromatic nitrogens is 3. The fourth-order valence-electron chi connectivity index (χ4n) is 5.20. The third-order valence-corrected chi connectivity index (χ3v) is 9.74. The van der Waals surface area contributed by atoms with E-state index in [1.807, 2.05) is 12.4 Å². The third-order valence-electron chi connectivity index (χ3n) is 7.09. The van der Waals surface area contributed by atoms with E-state index in [9.17, 15) is 0 Å². The SMILES string of the molecule is Cc1cnc(-c2cn(COCC[Si](C)(C)C)c3nccc(N4CC[C@@]5(CCCCN5)C4)c23)s1. The number of aryl methyl sites for hydroxylation is 1. The zero-order chi connectivity index (χ0) is 23.1. The second-order valence-corrected chi connectivity index (χ2v) is 17.9. The van der Waals surface area contributed by atoms with E-state index in [0.717, 1.165) is 36.9 Å². The Balaban J connectivity index is 1.49. The smallest absolute Gasteiger partial charge is 0.144 e. The lowest BCUT2D eigenvalue weighted by molar-refractivity contribution is 0.0899. The van der Waals surface area contributed by atoms with E-state index in [1.165, 1.54) is 53.2 Å². The first-order valence-electron chi connectivity index (χ1n) is 12.3. The quantitative estimate of drug-likeness (QED) is 0.355. The number of hydrogen-bond donors (Lipinski definition) is 1. The van der Waals surface area contributed by atoms with Crippen molar-refractivity contribution >= 4 is 36.1 Å². The summed E-state index contributed by atoms with van der Waals surface area (Å²) in [6, 6.07) is 3.37. The molecular formula is C25H37N5OSSi. The molecule has 33 heavy (non-hydrogen) atoms. The zero-order valence-corrected chi connectivity index (χ0v) is 22.3. The molecule has 0 bridgehead atoms. The molecular weight excluding hydrogens is 446 g/mol. The van der Waals surface area contributed by atoms with E-state index in [-0.39, 0.29) is 5.54 Å². The van der Waals surface area contributed by atoms with Crippen LogP contribution in [0.4, 0.5) is 5.69 Å². The van der Waals surface area contributed by atoms with Crippen LogP contribution < -0.4 is 10.2 Å². The minimum Gasteiger partial charge on any atom is -0.369 e. The van der Waals surface area contributed by atoms with Gasteiger partial charge >= 0.3 is 0 Å². The summed E-state index contributed by atoms with van der Waals surface area (Å²) in [5, 5.41) is 6.14. The number of nitrogens with zero attached hydrogens (tertiary/aromatic N) is 4. The van der Waals surface area contributed by atoms with E-state index in [1.54, 1.807) is 11.3 Å². The molecule has 0 unspecified atom stereocenters. The lowest BCUT2D eigenvalue weighted by Gasteiger charge is -2.35. The average Bonchev–Trinajstić information content (AvgIpc) is 3.49. The van der Waals surface area contributed by atoms with Crippen LogP contribution >= 0.6 is 11.3 Å². The van der Waals surface area contributed by atoms with E-state index in [0.29, 0.717) is 6.73 Å². The minimum absolute atomic E-state index is 0.272. The highest BCUT2D eigenvalue weighted by molar-refractivity contribution is 7.15. The number of nitrogens with one attached hydrogen (secondary N) is 1. The largest absolute Gasteiger partial charge is 0.369 e. The second-order valence-electron chi connectivity index (χ2n) is 11.0. The summed E-state index contributed by atoms with van der Waals surface area (Å²) in [5.74, 6) is 0. The molecule has 0 radical (unpaired) electrons. The van der Waals surface area contributed by atoms with Gasteiger partial charge in [0, 0.05) is 62.3 Å². The van der Waals surface area contributed by atoms with Gasteiger partial charge in [0.2, 0.25) is 0 Å². The molecule has 178 valence electrons. The van der Waals surface area contributed by atoms with Crippen LogP contribution in [0.15, 0.2) is 24.7 Å². The molecule has 3 aromatic heterocycles. The van der Waals surface area contributed by atoms with E-state index >= 15 is 0 Å². The van der Waals surface area contributed by atoms with Gasteiger partial charge < -0.3 is 19.5 Å². The van der Waals surface area contributed by atoms with Gasteiger partial charge in [-0.2, -0.15) is 0 Å². The van der Waals surface area contributed by atoms with Crippen LogP contribution in [0, 0.1) is 6.92 Å². The first kappa shape index (κ1) is 23.0. The molecule has 0 saturated carbocycles. The maximum atomic E-state index is 6.13. The lowest BCUT2D eigenvalue weighted by Crippen LogP contribution is -2.50. The molecule has 1 spiro atoms. The van der Waals surface area contributed by atoms with Crippen LogP contribution in [0.2, 0.25) is 25.7 Å². The number of piperidine rings is 1. The standard InChI is InChI=1S/C25H37N5OSSi/c1-19-15-27-24(32-19)20-16-30(18-31-13-14-33(2,3)4)23-22(20)21(7-11-26-23)29-12-9-25(17-29)8-5-6-10-28-25/h7,11,15-16,28H,5-6,8-10,12-14,17-18H2,1-4H3/t25-/m0/s1. The number of anilines is 1. The Morgan fingerprint density at radius 1 is 1.21 bits per heavy atom. The van der Waals surface area contributed by atoms with Crippen molar-refractivity contribution in [2.24, 2.45) is 0 Å². The normalized spacial score (nSPS) is 21.5. The van der Waals surface area contributed by atoms with Gasteiger partial charge in [-0.05, 0) is 44.8 Å². The Labute approximate surface area is 202 Å². The molecule has 2 saturated heterocycles. The number of pyridine rings is 1. The first-order valence-corrected chi connectivity index (χ1v) is 16.8. The summed E-state index contributed by atoms with van der Waals surface area (Å²) in [7, 11) is -1.11. The van der Waals surface area contributed by atoms with Gasteiger partial charge in [-0.3, -0.25) is 0 Å². The predicted octanol–water partition coefficient (Wildman–Crippen LogP) is 5.50. The Hall–Kier alpha value is -1.74. The number of hydrogen-bond acceptors (Lipinski definition) is 6. The summed E-state index contributed by atoms with van der Waals surface area (Å²) >= 11 is 1.76. The van der Waals surface area contributed by atoms with Crippen LogP contribution in [0.1, 0.15) is 30.6 Å². The fourth-order valence-corrected chi connectivity index (χ4v) is 6.74. The zero-order valence-electron chi connectivity index (χ0n) is 20.5. The van der Waals surface area contributed by atoms with Gasteiger partial charge in [-0.15, -0.1) is 11.3 Å². The molecule has 0 aliphatic carbocycles. The van der Waals surface area contributed by atoms with Gasteiger partial charge in [-0.25, -0.2) is 9.97 Å². The lowest BCUT2D eigenvalue weighted by atomic mass is 9.88. The molecule has 0 amide bonds. The third kappa shape index (κ3) is 4.89. The molecule has 0 aromatic carbocycles. The predicted molar refractivity (Wildman–Crippen MR) is 141 cm³/mol. The highest BCUT2D eigenvalue weighted by atomic mass is 32.1. The van der Waals surface area contributed by atoms with Gasteiger partial charge in [0.25, 0.3) is 0 Å². The molecule has 5 heterocycles. The van der Waals surface area contributed by atoms with Gasteiger partial charge in [0.05, 0.1) is 11.1 Å². The highest BCUT2D eigenvalue weighted by Crippen LogP contribution is 2.41. The molecule has 3 aromatic rings. The molecule has 2 fully saturated rings. The van der Waals surface area contributed by atoms with Crippen molar-refractivity contribution in [2.45, 2.75) is 70.6 Å². The molecule has 5 rings (SSSR count). The summed E-state index contributed by atoms with van der Waals surface area (Å²) < 4.78 is 8.31. The van der Waals surface area contributed by atoms with Crippen molar-refractivity contribution < 1.29 is 4.74 Å². The van der Waals surface area contributed by atoms with E-state index < -0.39 is 8.07 Å². The molecule has 8 heteroatoms. The molecule has 2 aliphatic heterocycles. The van der Waals surface area contributed by atoms with Crippen LogP contribution in [0.5, 0.6) is 0 Å². The Bertz CT molecular complexity index is 1110. The van der Waals surface area contributed by atoms with Crippen molar-refractivity contribution in [1.82, 2.24) is 19.9 Å². The van der Waals surface area contributed by atoms with Crippen LogP contribution in [-0.4, -0.2) is 54.4 Å². The first-order chi connectivity index (χ1) is 15.8. The number of rotatable bonds is 7. The molecule has 1 N–H and O–H groups in total. The van der Waals surface area contributed by atoms with Gasteiger partial charge in [0.1, 0.15) is 17.4 Å². The monoisotopic (exact) mass is 483 g/mol. The Morgan fingerprint density at radius 2 is 2.09 bits per heavy atom. The van der Waals surface area contributed by atoms with Crippen molar-refractivity contribution in [3.05, 3.63) is 29.5 Å². The topological polar surface area (TPSA) is 55.2 Å². The fraction of sp³-hybridized carbons (Fsp3) is 0.600. The molecule has 1 atom stereocenters. The van der Waals surface area contributed by atoms with Crippen LogP contribution in [0.25, 0.3) is 21.6 Å².